The van der Waals surface area contributed by atoms with Crippen molar-refractivity contribution in [3.05, 3.63) is 29.8 Å². The van der Waals surface area contributed by atoms with Crippen LogP contribution in [0, 0.1) is 20.2 Å². The van der Waals surface area contributed by atoms with Gasteiger partial charge in [0.2, 0.25) is 15.0 Å². The van der Waals surface area contributed by atoms with Crippen LogP contribution in [0.15, 0.2) is 17.4 Å². The van der Waals surface area contributed by atoms with Gasteiger partial charge in [-0.2, -0.15) is 0 Å². The molecule has 0 aliphatic rings. The van der Waals surface area contributed by atoms with E-state index in [2.05, 4.69) is 26.3 Å². The van der Waals surface area contributed by atoms with E-state index in [1.807, 2.05) is 6.92 Å². The second-order valence-corrected chi connectivity index (χ2v) is 5.79. The highest BCUT2D eigenvalue weighted by molar-refractivity contribution is 7.90. The molecule has 2 aromatic rings. The summed E-state index contributed by atoms with van der Waals surface area (Å²) < 4.78 is 23.0. The van der Waals surface area contributed by atoms with Gasteiger partial charge in [-0.1, -0.05) is 0 Å². The molecule has 0 saturated carbocycles. The molecule has 2 rings (SSSR count). The Morgan fingerprint density at radius 1 is 1.22 bits per heavy atom. The third-order valence-corrected chi connectivity index (χ3v) is 3.32. The van der Waals surface area contributed by atoms with E-state index in [1.54, 1.807) is 13.0 Å². The van der Waals surface area contributed by atoms with Crippen molar-refractivity contribution in [2.24, 2.45) is 0 Å². The van der Waals surface area contributed by atoms with E-state index in [1.165, 1.54) is 6.20 Å². The van der Waals surface area contributed by atoms with Gasteiger partial charge in [0.05, 0.1) is 11.4 Å². The molecule has 0 atom stereocenters. The van der Waals surface area contributed by atoms with Gasteiger partial charge in [-0.25, -0.2) is 28.4 Å². The summed E-state index contributed by atoms with van der Waals surface area (Å²) in [5.74, 6) is 0. The van der Waals surface area contributed by atoms with Gasteiger partial charge in [0.1, 0.15) is 0 Å². The van der Waals surface area contributed by atoms with E-state index in [-0.39, 0.29) is 5.16 Å². The van der Waals surface area contributed by atoms with Gasteiger partial charge in [-0.05, 0) is 25.5 Å². The molecule has 1 radical (unpaired) electrons. The molecule has 18 heavy (non-hydrogen) atoms. The minimum atomic E-state index is -3.45. The van der Waals surface area contributed by atoms with Crippen LogP contribution in [0.2, 0.25) is 0 Å². The minimum Gasteiger partial charge on any atom is -0.234 e. The third-order valence-electron chi connectivity index (χ3n) is 2.48. The van der Waals surface area contributed by atoms with Crippen LogP contribution in [0.4, 0.5) is 0 Å². The Kier molecular flexibility index (Phi) is 3.08. The molecule has 7 heteroatoms. The lowest BCUT2D eigenvalue weighted by molar-refractivity contribution is 0.592. The highest BCUT2D eigenvalue weighted by atomic mass is 32.2. The van der Waals surface area contributed by atoms with Crippen molar-refractivity contribution in [2.75, 3.05) is 6.26 Å². The van der Waals surface area contributed by atoms with E-state index in [9.17, 15) is 8.42 Å². The number of rotatable bonds is 2. The Labute approximate surface area is 105 Å². The van der Waals surface area contributed by atoms with Crippen molar-refractivity contribution < 1.29 is 8.42 Å². The molecule has 0 amide bonds. The first-order chi connectivity index (χ1) is 8.39. The summed E-state index contributed by atoms with van der Waals surface area (Å²) in [4.78, 5) is 15.7. The van der Waals surface area contributed by atoms with Crippen molar-refractivity contribution in [1.82, 2.24) is 19.9 Å². The average Bonchev–Trinajstić information content (AvgIpc) is 2.32. The van der Waals surface area contributed by atoms with Gasteiger partial charge < -0.3 is 0 Å². The molecule has 0 unspecified atom stereocenters. The molecule has 0 N–H and O–H groups in total. The van der Waals surface area contributed by atoms with E-state index >= 15 is 0 Å². The Hall–Kier alpha value is -1.89. The van der Waals surface area contributed by atoms with Crippen LogP contribution in [0.25, 0.3) is 11.4 Å². The smallest absolute Gasteiger partial charge is 0.234 e. The summed E-state index contributed by atoms with van der Waals surface area (Å²) in [5, 5.41) is -0.195. The maximum Gasteiger partial charge on any atom is 0.247 e. The molecule has 0 spiro atoms. The fraction of sp³-hybridized carbons (Fsp3) is 0.273. The maximum atomic E-state index is 11.5. The molecule has 2 aromatic heterocycles. The van der Waals surface area contributed by atoms with E-state index < -0.39 is 9.84 Å². The maximum absolute atomic E-state index is 11.5. The van der Waals surface area contributed by atoms with Crippen LogP contribution in [0.1, 0.15) is 11.3 Å². The number of aromatic nitrogens is 4. The van der Waals surface area contributed by atoms with E-state index in [0.717, 1.165) is 11.8 Å². The van der Waals surface area contributed by atoms with Crippen molar-refractivity contribution in [3.63, 3.8) is 0 Å². The molecule has 0 bridgehead atoms. The predicted molar refractivity (Wildman–Crippen MR) is 64.5 cm³/mol. The fourth-order valence-corrected chi connectivity index (χ4v) is 1.97. The summed E-state index contributed by atoms with van der Waals surface area (Å²) in [6.07, 6.45) is 5.06. The Morgan fingerprint density at radius 3 is 2.50 bits per heavy atom. The van der Waals surface area contributed by atoms with Crippen LogP contribution in [-0.2, 0) is 9.84 Å². The molecule has 6 nitrogen and oxygen atoms in total. The van der Waals surface area contributed by atoms with Crippen LogP contribution < -0.4 is 0 Å². The van der Waals surface area contributed by atoms with E-state index in [4.69, 9.17) is 0 Å². The molecular weight excluding hydrogens is 252 g/mol. The lowest BCUT2D eigenvalue weighted by Crippen LogP contribution is -2.08. The topological polar surface area (TPSA) is 85.7 Å². The van der Waals surface area contributed by atoms with Crippen LogP contribution in [0.5, 0.6) is 0 Å². The average molecular weight is 263 g/mol. The monoisotopic (exact) mass is 263 g/mol. The van der Waals surface area contributed by atoms with Crippen molar-refractivity contribution in [2.45, 2.75) is 19.0 Å². The summed E-state index contributed by atoms with van der Waals surface area (Å²) in [5.41, 5.74) is 2.41. The number of aryl methyl sites for hydroxylation is 1. The zero-order valence-corrected chi connectivity index (χ0v) is 11.0. The van der Waals surface area contributed by atoms with Gasteiger partial charge >= 0.3 is 0 Å². The van der Waals surface area contributed by atoms with Gasteiger partial charge in [0.25, 0.3) is 0 Å². The zero-order valence-electron chi connectivity index (χ0n) is 10.2. The van der Waals surface area contributed by atoms with Crippen molar-refractivity contribution in [3.8, 4) is 11.4 Å². The van der Waals surface area contributed by atoms with Crippen molar-refractivity contribution >= 4 is 9.84 Å². The summed E-state index contributed by atoms with van der Waals surface area (Å²) >= 11 is 0. The lowest BCUT2D eigenvalue weighted by atomic mass is 10.1. The molecule has 0 aliphatic carbocycles. The standard InChI is InChI=1S/C11H11N4O2S/c1-7-8(2)14-11(18(3,16)17)15-10(7)9-4-5-12-6-13-9/h4-5H,1-3H3. The first-order valence-electron chi connectivity index (χ1n) is 5.14. The highest BCUT2D eigenvalue weighted by Crippen LogP contribution is 2.21. The molecule has 0 aliphatic heterocycles. The van der Waals surface area contributed by atoms with Crippen LogP contribution >= 0.6 is 0 Å². The minimum absolute atomic E-state index is 0.195. The molecule has 2 heterocycles. The normalized spacial score (nSPS) is 11.5. The molecule has 0 fully saturated rings. The summed E-state index contributed by atoms with van der Waals surface area (Å²) in [7, 11) is -3.45. The Morgan fingerprint density at radius 2 is 1.94 bits per heavy atom. The number of sulfone groups is 1. The Bertz CT molecular complexity index is 684. The summed E-state index contributed by atoms with van der Waals surface area (Å²) in [6, 6.07) is 1.65. The second kappa shape index (κ2) is 4.41. The quantitative estimate of drug-likeness (QED) is 0.743. The van der Waals surface area contributed by atoms with Crippen molar-refractivity contribution in [1.29, 1.82) is 0 Å². The van der Waals surface area contributed by atoms with Crippen LogP contribution in [0.3, 0.4) is 0 Å². The second-order valence-electron chi connectivity index (χ2n) is 3.88. The van der Waals surface area contributed by atoms with E-state index in [0.29, 0.717) is 17.1 Å². The largest absolute Gasteiger partial charge is 0.247 e. The molecular formula is C11H11N4O2S. The van der Waals surface area contributed by atoms with Gasteiger partial charge in [-0.3, -0.25) is 0 Å². The number of nitrogens with zero attached hydrogens (tertiary/aromatic N) is 4. The SMILES string of the molecule is Cc1nc(S(C)(=O)=O)nc(-c2ccn[c]n2)c1C. The van der Waals surface area contributed by atoms with Crippen LogP contribution in [-0.4, -0.2) is 34.6 Å². The van der Waals surface area contributed by atoms with Gasteiger partial charge in [0.15, 0.2) is 6.33 Å². The number of hydrogen-bond acceptors (Lipinski definition) is 6. The van der Waals surface area contributed by atoms with Gasteiger partial charge in [0, 0.05) is 18.1 Å². The molecule has 0 saturated heterocycles. The molecule has 93 valence electrons. The predicted octanol–water partition coefficient (Wildman–Crippen LogP) is 0.754. The molecule has 0 aromatic carbocycles. The number of hydrogen-bond donors (Lipinski definition) is 0. The Balaban J connectivity index is 2.72. The fourth-order valence-electron chi connectivity index (χ4n) is 1.41. The zero-order chi connectivity index (χ0) is 13.3. The first-order valence-corrected chi connectivity index (χ1v) is 7.03. The first kappa shape index (κ1) is 12.6. The highest BCUT2D eigenvalue weighted by Gasteiger charge is 2.17. The lowest BCUT2D eigenvalue weighted by Gasteiger charge is -2.08. The summed E-state index contributed by atoms with van der Waals surface area (Å²) in [6.45, 7) is 3.55. The third kappa shape index (κ3) is 2.35. The van der Waals surface area contributed by atoms with Gasteiger partial charge in [-0.15, -0.1) is 0 Å².